The fourth-order valence-corrected chi connectivity index (χ4v) is 0.393. The van der Waals surface area contributed by atoms with Crippen LogP contribution in [0.5, 0.6) is 0 Å². The van der Waals surface area contributed by atoms with Crippen molar-refractivity contribution in [2.75, 3.05) is 14.1 Å². The molecule has 0 aliphatic rings. The Morgan fingerprint density at radius 2 is 1.83 bits per heavy atom. The van der Waals surface area contributed by atoms with Crippen LogP contribution in [0.15, 0.2) is 11.6 Å². The fraction of sp³-hybridized carbons (Fsp3) is 0.625. The van der Waals surface area contributed by atoms with Crippen LogP contribution < -0.4 is 5.32 Å². The molecule has 0 saturated heterocycles. The smallest absolute Gasteiger partial charge is 0.330 e. The van der Waals surface area contributed by atoms with Gasteiger partial charge in [0.15, 0.2) is 0 Å². The molecule has 0 aliphatic heterocycles. The Hall–Kier alpha value is -0.350. The van der Waals surface area contributed by atoms with E-state index in [-0.39, 0.29) is 17.0 Å². The van der Waals surface area contributed by atoms with Gasteiger partial charge in [-0.2, -0.15) is 0 Å². The molecule has 3 nitrogen and oxygen atoms in total. The summed E-state index contributed by atoms with van der Waals surface area (Å²) >= 11 is 0. The number of carboxylic acid groups (broad SMARTS) is 1. The van der Waals surface area contributed by atoms with Gasteiger partial charge in [-0.3, -0.25) is 0 Å². The third-order valence-corrected chi connectivity index (χ3v) is 0.848. The molecule has 0 aliphatic carbocycles. The largest absolute Gasteiger partial charge is 0.478 e. The van der Waals surface area contributed by atoms with Crippen LogP contribution >= 0.6 is 17.0 Å². The number of hydrogen-bond acceptors (Lipinski definition) is 2. The zero-order chi connectivity index (χ0) is 9.28. The summed E-state index contributed by atoms with van der Waals surface area (Å²) in [5.41, 5.74) is 0.424. The Kier molecular flexibility index (Phi) is 19.5. The van der Waals surface area contributed by atoms with E-state index >= 15 is 0 Å². The molecule has 4 heteroatoms. The first-order valence-corrected chi connectivity index (χ1v) is 3.58. The van der Waals surface area contributed by atoms with Gasteiger partial charge < -0.3 is 10.4 Å². The number of allylic oxidation sites excluding steroid dienone is 1. The quantitative estimate of drug-likeness (QED) is 0.724. The van der Waals surface area contributed by atoms with Crippen LogP contribution in [-0.2, 0) is 4.79 Å². The van der Waals surface area contributed by atoms with Crippen LogP contribution in [-0.4, -0.2) is 25.2 Å². The van der Waals surface area contributed by atoms with Crippen molar-refractivity contribution < 1.29 is 9.90 Å². The van der Waals surface area contributed by atoms with E-state index in [4.69, 9.17) is 5.11 Å². The number of halogens is 1. The van der Waals surface area contributed by atoms with Crippen LogP contribution in [0, 0.1) is 0 Å². The van der Waals surface area contributed by atoms with Crippen LogP contribution in [0.2, 0.25) is 0 Å². The van der Waals surface area contributed by atoms with Crippen LogP contribution in [0.4, 0.5) is 0 Å². The van der Waals surface area contributed by atoms with E-state index in [0.29, 0.717) is 5.57 Å². The summed E-state index contributed by atoms with van der Waals surface area (Å²) < 4.78 is 0. The van der Waals surface area contributed by atoms with E-state index in [1.807, 2.05) is 21.0 Å². The Morgan fingerprint density at radius 3 is 1.92 bits per heavy atom. The van der Waals surface area contributed by atoms with Crippen LogP contribution in [0.1, 0.15) is 20.3 Å². The van der Waals surface area contributed by atoms with Gasteiger partial charge in [0.25, 0.3) is 0 Å². The van der Waals surface area contributed by atoms with Crippen molar-refractivity contribution in [1.29, 1.82) is 0 Å². The summed E-state index contributed by atoms with van der Waals surface area (Å²) in [6, 6.07) is 0. The molecule has 0 bridgehead atoms. The number of nitrogens with one attached hydrogen (secondary N) is 1. The van der Waals surface area contributed by atoms with E-state index in [9.17, 15) is 4.79 Å². The first-order valence-electron chi connectivity index (χ1n) is 3.58. The number of carboxylic acids is 1. The lowest BCUT2D eigenvalue weighted by molar-refractivity contribution is -0.132. The summed E-state index contributed by atoms with van der Waals surface area (Å²) in [6.07, 6.45) is 2.47. The highest BCUT2D eigenvalue weighted by atomic mass is 79.9. The highest BCUT2D eigenvalue weighted by Crippen LogP contribution is 1.92. The standard InChI is InChI=1S/C6H10O2.C2H7N.BrH/c1-3-4-5(2)6(7)8;1-3-2;/h4H,3H2,1-2H3,(H,7,8);3H,1-2H3;1H. The fourth-order valence-electron chi connectivity index (χ4n) is 0.393. The number of carbonyl (C=O) groups is 1. The number of aliphatic carboxylic acids is 1. The van der Waals surface area contributed by atoms with Crippen molar-refractivity contribution in [2.24, 2.45) is 0 Å². The van der Waals surface area contributed by atoms with Crippen molar-refractivity contribution in [3.05, 3.63) is 11.6 Å². The maximum Gasteiger partial charge on any atom is 0.330 e. The lowest BCUT2D eigenvalue weighted by Crippen LogP contribution is -1.94. The molecule has 74 valence electrons. The van der Waals surface area contributed by atoms with Gasteiger partial charge in [-0.25, -0.2) is 4.79 Å². The van der Waals surface area contributed by atoms with Gasteiger partial charge in [-0.05, 0) is 27.4 Å². The molecule has 0 aromatic carbocycles. The minimum absolute atomic E-state index is 0. The third-order valence-electron chi connectivity index (χ3n) is 0.848. The molecular formula is C8H18BrNO2. The van der Waals surface area contributed by atoms with Gasteiger partial charge in [0.2, 0.25) is 0 Å². The maximum atomic E-state index is 10.0. The molecule has 0 fully saturated rings. The van der Waals surface area contributed by atoms with Crippen molar-refractivity contribution in [1.82, 2.24) is 5.32 Å². The van der Waals surface area contributed by atoms with E-state index in [2.05, 4.69) is 5.32 Å². The molecule has 2 N–H and O–H groups in total. The minimum atomic E-state index is -0.827. The van der Waals surface area contributed by atoms with Gasteiger partial charge in [0.05, 0.1) is 0 Å². The van der Waals surface area contributed by atoms with Crippen LogP contribution in [0.3, 0.4) is 0 Å². The lowest BCUT2D eigenvalue weighted by atomic mass is 10.2. The predicted octanol–water partition coefficient (Wildman–Crippen LogP) is 1.84. The lowest BCUT2D eigenvalue weighted by Gasteiger charge is -1.87. The first-order chi connectivity index (χ1) is 5.09. The Labute approximate surface area is 84.6 Å². The molecule has 0 aromatic rings. The van der Waals surface area contributed by atoms with Gasteiger partial charge >= 0.3 is 5.97 Å². The minimum Gasteiger partial charge on any atom is -0.478 e. The molecule has 0 spiro atoms. The van der Waals surface area contributed by atoms with Crippen molar-refractivity contribution in [3.8, 4) is 0 Å². The molecule has 0 heterocycles. The average molecular weight is 240 g/mol. The Balaban J connectivity index is -0.000000177. The average Bonchev–Trinajstić information content (AvgIpc) is 1.90. The monoisotopic (exact) mass is 239 g/mol. The zero-order valence-corrected chi connectivity index (χ0v) is 9.76. The topological polar surface area (TPSA) is 49.3 Å². The van der Waals surface area contributed by atoms with Gasteiger partial charge in [-0.1, -0.05) is 13.0 Å². The van der Waals surface area contributed by atoms with Crippen molar-refractivity contribution in [2.45, 2.75) is 20.3 Å². The third kappa shape index (κ3) is 16.3. The molecule has 0 atom stereocenters. The first kappa shape index (κ1) is 17.7. The van der Waals surface area contributed by atoms with Gasteiger partial charge in [-0.15, -0.1) is 17.0 Å². The Bertz CT molecular complexity index is 135. The summed E-state index contributed by atoms with van der Waals surface area (Å²) in [6.45, 7) is 3.50. The second-order valence-corrected chi connectivity index (χ2v) is 2.10. The van der Waals surface area contributed by atoms with E-state index in [1.165, 1.54) is 0 Å². The zero-order valence-electron chi connectivity index (χ0n) is 8.05. The molecule has 12 heavy (non-hydrogen) atoms. The number of hydrogen-bond donors (Lipinski definition) is 2. The van der Waals surface area contributed by atoms with Gasteiger partial charge in [0.1, 0.15) is 0 Å². The normalized spacial score (nSPS) is 9.17. The summed E-state index contributed by atoms with van der Waals surface area (Å²) in [4.78, 5) is 10.0. The second-order valence-electron chi connectivity index (χ2n) is 2.10. The SMILES string of the molecule is Br.CCC=C(C)C(=O)O.CNC. The molecule has 0 unspecified atom stereocenters. The molecule has 0 rings (SSSR count). The summed E-state index contributed by atoms with van der Waals surface area (Å²) in [7, 11) is 3.75. The van der Waals surface area contributed by atoms with Crippen LogP contribution in [0.25, 0.3) is 0 Å². The van der Waals surface area contributed by atoms with E-state index < -0.39 is 5.97 Å². The van der Waals surface area contributed by atoms with E-state index in [1.54, 1.807) is 13.0 Å². The molecule has 0 radical (unpaired) electrons. The predicted molar refractivity (Wildman–Crippen MR) is 57.0 cm³/mol. The highest BCUT2D eigenvalue weighted by Gasteiger charge is 1.94. The Morgan fingerprint density at radius 1 is 1.50 bits per heavy atom. The van der Waals surface area contributed by atoms with Crippen molar-refractivity contribution in [3.63, 3.8) is 0 Å². The highest BCUT2D eigenvalue weighted by molar-refractivity contribution is 8.93. The molecular weight excluding hydrogens is 222 g/mol. The second kappa shape index (κ2) is 13.3. The molecule has 0 aromatic heterocycles. The molecule has 0 saturated carbocycles. The number of rotatable bonds is 2. The summed E-state index contributed by atoms with van der Waals surface area (Å²) in [5.74, 6) is -0.827. The van der Waals surface area contributed by atoms with Gasteiger partial charge in [0, 0.05) is 5.57 Å². The van der Waals surface area contributed by atoms with Crippen molar-refractivity contribution >= 4 is 23.0 Å². The van der Waals surface area contributed by atoms with E-state index in [0.717, 1.165) is 6.42 Å². The molecule has 0 amide bonds. The maximum absolute atomic E-state index is 10.0. The summed E-state index contributed by atoms with van der Waals surface area (Å²) in [5, 5.41) is 11.0.